The molecule has 10 heteroatoms. The van der Waals surface area contributed by atoms with Gasteiger partial charge in [-0.25, -0.2) is 0 Å². The zero-order chi connectivity index (χ0) is 21.0. The lowest BCUT2D eigenvalue weighted by atomic mass is 10.1. The fraction of sp³-hybridized carbons (Fsp3) is 0.421. The standard InChI is InChI=1S/C19H21F3N4O3/c1-13-12-16(24-29-13)18(28)26-10-8-25(9-11-26)7-6-23-17(27)14-2-4-15(5-3-14)19(20,21)22/h2-5,12H,6-11H2,1H3,(H,23,27). The summed E-state index contributed by atoms with van der Waals surface area (Å²) in [5.41, 5.74) is -0.321. The van der Waals surface area contributed by atoms with Crippen LogP contribution in [0.2, 0.25) is 0 Å². The van der Waals surface area contributed by atoms with E-state index >= 15 is 0 Å². The minimum atomic E-state index is -4.43. The van der Waals surface area contributed by atoms with Gasteiger partial charge in [0.1, 0.15) is 5.76 Å². The quantitative estimate of drug-likeness (QED) is 0.818. The van der Waals surface area contributed by atoms with E-state index in [1.165, 1.54) is 0 Å². The number of piperazine rings is 1. The van der Waals surface area contributed by atoms with Crippen LogP contribution in [0.3, 0.4) is 0 Å². The monoisotopic (exact) mass is 410 g/mol. The van der Waals surface area contributed by atoms with Gasteiger partial charge in [-0.15, -0.1) is 0 Å². The maximum absolute atomic E-state index is 12.6. The van der Waals surface area contributed by atoms with Crippen molar-refractivity contribution in [1.82, 2.24) is 20.3 Å². The molecule has 2 heterocycles. The number of rotatable bonds is 5. The summed E-state index contributed by atoms with van der Waals surface area (Å²) in [6.07, 6.45) is -4.43. The third-order valence-corrected chi connectivity index (χ3v) is 4.69. The molecule has 29 heavy (non-hydrogen) atoms. The first-order valence-corrected chi connectivity index (χ1v) is 9.14. The van der Waals surface area contributed by atoms with E-state index in [9.17, 15) is 22.8 Å². The molecule has 1 aliphatic rings. The van der Waals surface area contributed by atoms with Crippen LogP contribution >= 0.6 is 0 Å². The van der Waals surface area contributed by atoms with Crippen molar-refractivity contribution in [3.05, 3.63) is 52.9 Å². The van der Waals surface area contributed by atoms with E-state index in [-0.39, 0.29) is 11.5 Å². The number of hydrogen-bond acceptors (Lipinski definition) is 5. The molecule has 0 aliphatic carbocycles. The number of nitrogens with zero attached hydrogens (tertiary/aromatic N) is 3. The van der Waals surface area contributed by atoms with E-state index in [0.29, 0.717) is 50.7 Å². The van der Waals surface area contributed by atoms with Crippen molar-refractivity contribution in [3.8, 4) is 0 Å². The molecule has 0 saturated carbocycles. The molecule has 0 bridgehead atoms. The highest BCUT2D eigenvalue weighted by Gasteiger charge is 2.30. The summed E-state index contributed by atoms with van der Waals surface area (Å²) in [5, 5.41) is 6.44. The van der Waals surface area contributed by atoms with E-state index in [1.54, 1.807) is 17.9 Å². The first kappa shape index (κ1) is 20.8. The SMILES string of the molecule is Cc1cc(C(=O)N2CCN(CCNC(=O)c3ccc(C(F)(F)F)cc3)CC2)no1. The predicted molar refractivity (Wildman–Crippen MR) is 97.4 cm³/mol. The summed E-state index contributed by atoms with van der Waals surface area (Å²) >= 11 is 0. The molecule has 3 rings (SSSR count). The first-order valence-electron chi connectivity index (χ1n) is 9.14. The molecule has 1 aromatic heterocycles. The maximum atomic E-state index is 12.6. The number of nitrogens with one attached hydrogen (secondary N) is 1. The van der Waals surface area contributed by atoms with Crippen LogP contribution in [-0.2, 0) is 6.18 Å². The van der Waals surface area contributed by atoms with Crippen molar-refractivity contribution >= 4 is 11.8 Å². The summed E-state index contributed by atoms with van der Waals surface area (Å²) in [4.78, 5) is 28.2. The minimum Gasteiger partial charge on any atom is -0.361 e. The third kappa shape index (κ3) is 5.35. The van der Waals surface area contributed by atoms with Crippen molar-refractivity contribution in [1.29, 1.82) is 0 Å². The Bertz CT molecular complexity index is 856. The number of aryl methyl sites for hydroxylation is 1. The van der Waals surface area contributed by atoms with Gasteiger partial charge in [0.15, 0.2) is 5.69 Å². The summed E-state index contributed by atoms with van der Waals surface area (Å²) in [7, 11) is 0. The van der Waals surface area contributed by atoms with E-state index < -0.39 is 17.6 Å². The van der Waals surface area contributed by atoms with Gasteiger partial charge in [0, 0.05) is 50.9 Å². The van der Waals surface area contributed by atoms with Gasteiger partial charge in [-0.1, -0.05) is 5.16 Å². The molecule has 2 amide bonds. The number of carbonyl (C=O) groups excluding carboxylic acids is 2. The van der Waals surface area contributed by atoms with Crippen LogP contribution in [0.5, 0.6) is 0 Å². The molecule has 1 N–H and O–H groups in total. The lowest BCUT2D eigenvalue weighted by Gasteiger charge is -2.34. The summed E-state index contributed by atoms with van der Waals surface area (Å²) in [6.45, 7) is 5.04. The Morgan fingerprint density at radius 2 is 1.79 bits per heavy atom. The number of alkyl halides is 3. The number of carbonyl (C=O) groups is 2. The summed E-state index contributed by atoms with van der Waals surface area (Å²) < 4.78 is 42.6. The number of amides is 2. The maximum Gasteiger partial charge on any atom is 0.416 e. The van der Waals surface area contributed by atoms with Gasteiger partial charge in [0.05, 0.1) is 5.56 Å². The second kappa shape index (κ2) is 8.64. The molecule has 0 radical (unpaired) electrons. The van der Waals surface area contributed by atoms with Gasteiger partial charge in [-0.3, -0.25) is 14.5 Å². The second-order valence-corrected chi connectivity index (χ2v) is 6.79. The average Bonchev–Trinajstić information content (AvgIpc) is 3.13. The molecular weight excluding hydrogens is 389 g/mol. The molecule has 0 spiro atoms. The minimum absolute atomic E-state index is 0.169. The Balaban J connectivity index is 1.40. The molecule has 1 aliphatic heterocycles. The second-order valence-electron chi connectivity index (χ2n) is 6.79. The van der Waals surface area contributed by atoms with E-state index in [0.717, 1.165) is 24.3 Å². The predicted octanol–water partition coefficient (Wildman–Crippen LogP) is 2.19. The number of benzene rings is 1. The highest BCUT2D eigenvalue weighted by molar-refractivity contribution is 5.94. The largest absolute Gasteiger partial charge is 0.416 e. The topological polar surface area (TPSA) is 78.7 Å². The van der Waals surface area contributed by atoms with E-state index in [1.807, 2.05) is 0 Å². The zero-order valence-electron chi connectivity index (χ0n) is 15.8. The summed E-state index contributed by atoms with van der Waals surface area (Å²) in [6, 6.07) is 5.71. The third-order valence-electron chi connectivity index (χ3n) is 4.69. The number of aromatic nitrogens is 1. The van der Waals surface area contributed by atoms with Crippen LogP contribution < -0.4 is 5.32 Å². The number of halogens is 3. The van der Waals surface area contributed by atoms with Gasteiger partial charge < -0.3 is 14.7 Å². The molecule has 1 saturated heterocycles. The average molecular weight is 410 g/mol. The molecule has 156 valence electrons. The van der Waals surface area contributed by atoms with Crippen LogP contribution in [-0.4, -0.2) is 66.0 Å². The Labute approximate surface area is 165 Å². The molecule has 0 atom stereocenters. The molecule has 7 nitrogen and oxygen atoms in total. The first-order chi connectivity index (χ1) is 13.7. The summed E-state index contributed by atoms with van der Waals surface area (Å²) in [5.74, 6) is -0.0122. The normalized spacial score (nSPS) is 15.4. The highest BCUT2D eigenvalue weighted by atomic mass is 19.4. The molecule has 0 unspecified atom stereocenters. The number of hydrogen-bond donors (Lipinski definition) is 1. The van der Waals surface area contributed by atoms with Crippen LogP contribution in [0.25, 0.3) is 0 Å². The van der Waals surface area contributed by atoms with Gasteiger partial charge in [-0.2, -0.15) is 13.2 Å². The van der Waals surface area contributed by atoms with Gasteiger partial charge >= 0.3 is 6.18 Å². The van der Waals surface area contributed by atoms with E-state index in [2.05, 4.69) is 15.4 Å². The van der Waals surface area contributed by atoms with Gasteiger partial charge in [0.25, 0.3) is 11.8 Å². The Morgan fingerprint density at radius 3 is 2.34 bits per heavy atom. The molecule has 1 aromatic carbocycles. The van der Waals surface area contributed by atoms with Crippen LogP contribution in [0.1, 0.15) is 32.2 Å². The van der Waals surface area contributed by atoms with Gasteiger partial charge in [-0.05, 0) is 31.2 Å². The zero-order valence-corrected chi connectivity index (χ0v) is 15.8. The smallest absolute Gasteiger partial charge is 0.361 e. The Morgan fingerprint density at radius 1 is 1.14 bits per heavy atom. The molecule has 2 aromatic rings. The van der Waals surface area contributed by atoms with Crippen LogP contribution in [0.4, 0.5) is 13.2 Å². The Kier molecular flexibility index (Phi) is 6.21. The van der Waals surface area contributed by atoms with Crippen LogP contribution in [0, 0.1) is 6.92 Å². The molecule has 1 fully saturated rings. The van der Waals surface area contributed by atoms with Crippen molar-refractivity contribution in [2.24, 2.45) is 0 Å². The molecular formula is C19H21F3N4O3. The van der Waals surface area contributed by atoms with Crippen molar-refractivity contribution in [2.45, 2.75) is 13.1 Å². The van der Waals surface area contributed by atoms with Crippen molar-refractivity contribution < 1.29 is 27.3 Å². The van der Waals surface area contributed by atoms with Crippen LogP contribution in [0.15, 0.2) is 34.9 Å². The van der Waals surface area contributed by atoms with Crippen molar-refractivity contribution in [2.75, 3.05) is 39.3 Å². The fourth-order valence-electron chi connectivity index (χ4n) is 3.04. The Hall–Kier alpha value is -2.88. The lowest BCUT2D eigenvalue weighted by Crippen LogP contribution is -2.50. The van der Waals surface area contributed by atoms with Crippen molar-refractivity contribution in [3.63, 3.8) is 0 Å². The highest BCUT2D eigenvalue weighted by Crippen LogP contribution is 2.29. The van der Waals surface area contributed by atoms with Gasteiger partial charge in [0.2, 0.25) is 0 Å². The van der Waals surface area contributed by atoms with E-state index in [4.69, 9.17) is 4.52 Å². The lowest BCUT2D eigenvalue weighted by molar-refractivity contribution is -0.137. The fourth-order valence-corrected chi connectivity index (χ4v) is 3.04.